The van der Waals surface area contributed by atoms with Crippen LogP contribution in [0.25, 0.3) is 28.0 Å². The zero-order valence-electron chi connectivity index (χ0n) is 22.6. The molecule has 0 fully saturated rings. The summed E-state index contributed by atoms with van der Waals surface area (Å²) >= 11 is 0. The van der Waals surface area contributed by atoms with Crippen molar-refractivity contribution >= 4 is 11.6 Å². The van der Waals surface area contributed by atoms with E-state index < -0.39 is 30.5 Å². The molecule has 0 aliphatic heterocycles. The molecule has 214 valence electrons. The first-order chi connectivity index (χ1) is 18.9. The van der Waals surface area contributed by atoms with E-state index in [0.717, 1.165) is 11.1 Å². The van der Waals surface area contributed by atoms with Gasteiger partial charge >= 0.3 is 6.18 Å². The second-order valence-electron chi connectivity index (χ2n) is 9.48. The molecule has 0 bridgehead atoms. The third-order valence-electron chi connectivity index (χ3n) is 6.43. The van der Waals surface area contributed by atoms with Gasteiger partial charge in [-0.25, -0.2) is 4.98 Å². The molecule has 1 atom stereocenters. The summed E-state index contributed by atoms with van der Waals surface area (Å²) in [5.41, 5.74) is 2.51. The molecule has 0 aliphatic rings. The standard InChI is InChI=1S/C27H30F3N5O5/c1-6-40-25(37)26(2,3)35-14-18(12-33-35)16-7-8-34-19(13-31-22(34)11-16)17-9-20(38-4)23(21(10-17)39-5)24(36)32-15-27(28,29)30/h7-14,25,37H,6,15H2,1-5H3,(H,32,36). The number of halogens is 3. The Kier molecular flexibility index (Phi) is 8.08. The fourth-order valence-electron chi connectivity index (χ4n) is 4.19. The number of carbonyl (C=O) groups is 1. The molecule has 4 aromatic rings. The van der Waals surface area contributed by atoms with Crippen LogP contribution in [0.4, 0.5) is 13.2 Å². The van der Waals surface area contributed by atoms with Gasteiger partial charge in [-0.05, 0) is 50.6 Å². The maximum atomic E-state index is 12.6. The third kappa shape index (κ3) is 5.75. The van der Waals surface area contributed by atoms with Crippen molar-refractivity contribution < 1.29 is 37.3 Å². The molecule has 0 saturated heterocycles. The van der Waals surface area contributed by atoms with Crippen molar-refractivity contribution in [3.63, 3.8) is 0 Å². The number of nitrogens with one attached hydrogen (secondary N) is 1. The zero-order valence-corrected chi connectivity index (χ0v) is 22.6. The number of alkyl halides is 3. The number of ether oxygens (including phenoxy) is 3. The van der Waals surface area contributed by atoms with Gasteiger partial charge in [0.05, 0.1) is 32.3 Å². The molecule has 2 N–H and O–H groups in total. The predicted octanol–water partition coefficient (Wildman–Crippen LogP) is 4.26. The van der Waals surface area contributed by atoms with Gasteiger partial charge in [-0.15, -0.1) is 0 Å². The molecule has 13 heteroatoms. The van der Waals surface area contributed by atoms with Crippen LogP contribution in [0.1, 0.15) is 31.1 Å². The van der Waals surface area contributed by atoms with Crippen LogP contribution in [0, 0.1) is 0 Å². The first kappa shape index (κ1) is 28.9. The number of hydrogen-bond acceptors (Lipinski definition) is 7. The Morgan fingerprint density at radius 2 is 1.75 bits per heavy atom. The number of aliphatic hydroxyl groups is 1. The van der Waals surface area contributed by atoms with Gasteiger partial charge < -0.3 is 24.6 Å². The lowest BCUT2D eigenvalue weighted by Crippen LogP contribution is -2.41. The molecule has 10 nitrogen and oxygen atoms in total. The van der Waals surface area contributed by atoms with Crippen LogP contribution in [-0.2, 0) is 10.3 Å². The van der Waals surface area contributed by atoms with Crippen LogP contribution < -0.4 is 14.8 Å². The average Bonchev–Trinajstić information content (AvgIpc) is 3.58. The summed E-state index contributed by atoms with van der Waals surface area (Å²) in [6.07, 6.45) is 1.34. The van der Waals surface area contributed by atoms with E-state index in [0.29, 0.717) is 23.5 Å². The number of hydrogen-bond donors (Lipinski definition) is 2. The summed E-state index contributed by atoms with van der Waals surface area (Å²) in [5, 5.41) is 16.6. The lowest BCUT2D eigenvalue weighted by molar-refractivity contribution is -0.157. The number of nitrogens with zero attached hydrogens (tertiary/aromatic N) is 4. The summed E-state index contributed by atoms with van der Waals surface area (Å²) in [6, 6.07) is 6.82. The van der Waals surface area contributed by atoms with E-state index in [1.54, 1.807) is 24.0 Å². The van der Waals surface area contributed by atoms with Crippen molar-refractivity contribution in [2.45, 2.75) is 38.8 Å². The molecule has 3 aromatic heterocycles. The highest BCUT2D eigenvalue weighted by Crippen LogP contribution is 2.36. The Balaban J connectivity index is 1.67. The van der Waals surface area contributed by atoms with Gasteiger partial charge in [0.2, 0.25) is 0 Å². The van der Waals surface area contributed by atoms with Crippen molar-refractivity contribution in [3.8, 4) is 33.9 Å². The highest BCUT2D eigenvalue weighted by Gasteiger charge is 2.32. The predicted molar refractivity (Wildman–Crippen MR) is 140 cm³/mol. The zero-order chi connectivity index (χ0) is 29.2. The van der Waals surface area contributed by atoms with E-state index in [-0.39, 0.29) is 17.1 Å². The quantitative estimate of drug-likeness (QED) is 0.278. The largest absolute Gasteiger partial charge is 0.496 e. The van der Waals surface area contributed by atoms with E-state index >= 15 is 0 Å². The van der Waals surface area contributed by atoms with Crippen molar-refractivity contribution in [2.75, 3.05) is 27.4 Å². The molecule has 1 amide bonds. The number of rotatable bonds is 10. The number of carbonyl (C=O) groups excluding carboxylic acids is 1. The molecule has 1 unspecified atom stereocenters. The molecular formula is C27H30F3N5O5. The minimum atomic E-state index is -4.56. The molecular weight excluding hydrogens is 531 g/mol. The van der Waals surface area contributed by atoms with Crippen LogP contribution >= 0.6 is 0 Å². The monoisotopic (exact) mass is 561 g/mol. The van der Waals surface area contributed by atoms with Gasteiger partial charge in [-0.2, -0.15) is 18.3 Å². The lowest BCUT2D eigenvalue weighted by atomic mass is 10.1. The fraction of sp³-hybridized carbons (Fsp3) is 0.370. The minimum absolute atomic E-state index is 0.0462. The summed E-state index contributed by atoms with van der Waals surface area (Å²) in [5.74, 6) is -0.882. The van der Waals surface area contributed by atoms with Gasteiger partial charge in [-0.3, -0.25) is 13.9 Å². The highest BCUT2D eigenvalue weighted by atomic mass is 19.4. The normalized spacial score (nSPS) is 12.9. The molecule has 0 aliphatic carbocycles. The van der Waals surface area contributed by atoms with Crippen LogP contribution in [0.3, 0.4) is 0 Å². The number of aliphatic hydroxyl groups excluding tert-OH is 1. The smallest absolute Gasteiger partial charge is 0.405 e. The Morgan fingerprint density at radius 1 is 1.07 bits per heavy atom. The third-order valence-corrected chi connectivity index (χ3v) is 6.43. The number of aromatic nitrogens is 4. The molecule has 0 spiro atoms. The van der Waals surface area contributed by atoms with Gasteiger partial charge in [0.15, 0.2) is 6.29 Å². The van der Waals surface area contributed by atoms with Crippen molar-refractivity contribution in [1.29, 1.82) is 0 Å². The van der Waals surface area contributed by atoms with Crippen LogP contribution in [0.15, 0.2) is 49.1 Å². The Hall–Kier alpha value is -4.10. The summed E-state index contributed by atoms with van der Waals surface area (Å²) in [7, 11) is 2.63. The van der Waals surface area contributed by atoms with E-state index in [4.69, 9.17) is 14.2 Å². The van der Waals surface area contributed by atoms with Crippen LogP contribution in [-0.4, -0.2) is 70.0 Å². The summed E-state index contributed by atoms with van der Waals surface area (Å²) < 4.78 is 57.4. The van der Waals surface area contributed by atoms with Crippen LogP contribution in [0.5, 0.6) is 11.5 Å². The van der Waals surface area contributed by atoms with Crippen LogP contribution in [0.2, 0.25) is 0 Å². The first-order valence-electron chi connectivity index (χ1n) is 12.3. The number of amides is 1. The Labute approximate surface area is 228 Å². The SMILES string of the molecule is CCOC(O)C(C)(C)n1cc(-c2ccn3c(-c4cc(OC)c(C(=O)NCC(F)(F)F)c(OC)c4)cnc3c2)cn1. The van der Waals surface area contributed by atoms with Crippen molar-refractivity contribution in [1.82, 2.24) is 24.5 Å². The maximum absolute atomic E-state index is 12.6. The molecule has 40 heavy (non-hydrogen) atoms. The van der Waals surface area contributed by atoms with Gasteiger partial charge in [0, 0.05) is 30.1 Å². The van der Waals surface area contributed by atoms with Crippen molar-refractivity contribution in [2.24, 2.45) is 0 Å². The van der Waals surface area contributed by atoms with Crippen molar-refractivity contribution in [3.05, 3.63) is 54.6 Å². The van der Waals surface area contributed by atoms with Gasteiger partial charge in [0.25, 0.3) is 5.91 Å². The summed E-state index contributed by atoms with van der Waals surface area (Å²) in [6.45, 7) is 4.32. The number of benzene rings is 1. The fourth-order valence-corrected chi connectivity index (χ4v) is 4.19. The van der Waals surface area contributed by atoms with E-state index in [2.05, 4.69) is 10.1 Å². The van der Waals surface area contributed by atoms with E-state index in [1.165, 1.54) is 26.4 Å². The molecule has 0 saturated carbocycles. The van der Waals surface area contributed by atoms with Gasteiger partial charge in [0.1, 0.15) is 34.8 Å². The molecule has 3 heterocycles. The van der Waals surface area contributed by atoms with Gasteiger partial charge in [-0.1, -0.05) is 0 Å². The topological polar surface area (TPSA) is 112 Å². The summed E-state index contributed by atoms with van der Waals surface area (Å²) in [4.78, 5) is 17.1. The Morgan fingerprint density at radius 3 is 2.35 bits per heavy atom. The minimum Gasteiger partial charge on any atom is -0.496 e. The number of pyridine rings is 1. The highest BCUT2D eigenvalue weighted by molar-refractivity contribution is 6.00. The first-order valence-corrected chi connectivity index (χ1v) is 12.3. The van der Waals surface area contributed by atoms with E-state index in [1.807, 2.05) is 48.1 Å². The van der Waals surface area contributed by atoms with E-state index in [9.17, 15) is 23.1 Å². The Bertz CT molecular complexity index is 1490. The molecule has 4 rings (SSSR count). The lowest BCUT2D eigenvalue weighted by Gasteiger charge is -2.30. The number of methoxy groups -OCH3 is 2. The number of fused-ring (bicyclic) bond motifs is 1. The molecule has 1 aromatic carbocycles. The number of imidazole rings is 1. The average molecular weight is 562 g/mol. The molecule has 0 radical (unpaired) electrons. The second kappa shape index (κ2) is 11.2. The maximum Gasteiger partial charge on any atom is 0.405 e. The second-order valence-corrected chi connectivity index (χ2v) is 9.48.